The predicted octanol–water partition coefficient (Wildman–Crippen LogP) is 4.16. The molecule has 10 nitrogen and oxygen atoms in total. The van der Waals surface area contributed by atoms with E-state index in [0.717, 1.165) is 16.0 Å². The molecule has 14 heteroatoms. The van der Waals surface area contributed by atoms with Gasteiger partial charge in [-0.05, 0) is 24.6 Å². The molecule has 2 aliphatic heterocycles. The minimum atomic E-state index is -4.60. The minimum absolute atomic E-state index is 0.0154. The van der Waals surface area contributed by atoms with Crippen LogP contribution < -0.4 is 20.1 Å². The zero-order valence-corrected chi connectivity index (χ0v) is 18.9. The second-order valence-corrected chi connectivity index (χ2v) is 8.53. The molecule has 2 N–H and O–H groups in total. The Kier molecular flexibility index (Phi) is 5.75. The van der Waals surface area contributed by atoms with Crippen LogP contribution in [0.15, 0.2) is 29.6 Å². The Morgan fingerprint density at radius 1 is 1.26 bits per heavy atom. The number of ether oxygens (including phenoxy) is 3. The standard InChI is InChI=1S/C21H18F3N5O5S/c1-2-32-19(31)13-8-35-20(26-13)27-18(30)12-7-17-25-11(6-16(21(22,23)24)29(17)28-12)10-3-4-14-15(5-10)34-9-33-14/h3-5,7-8,11,16,25H,2,6,9H2,1H3,(H,26,27,30). The molecule has 2 atom stereocenters. The molecular weight excluding hydrogens is 491 g/mol. The first-order valence-corrected chi connectivity index (χ1v) is 11.4. The van der Waals surface area contributed by atoms with E-state index in [-0.39, 0.29) is 42.2 Å². The number of aromatic nitrogens is 3. The Morgan fingerprint density at radius 2 is 2.06 bits per heavy atom. The first-order chi connectivity index (χ1) is 16.7. The van der Waals surface area contributed by atoms with E-state index in [1.54, 1.807) is 25.1 Å². The Hall–Kier alpha value is -3.81. The molecule has 2 aromatic heterocycles. The van der Waals surface area contributed by atoms with Crippen molar-refractivity contribution in [3.8, 4) is 11.5 Å². The fourth-order valence-electron chi connectivity index (χ4n) is 3.82. The van der Waals surface area contributed by atoms with Gasteiger partial charge < -0.3 is 19.5 Å². The Bertz CT molecular complexity index is 1290. The van der Waals surface area contributed by atoms with Crippen molar-refractivity contribution in [3.05, 3.63) is 46.6 Å². The van der Waals surface area contributed by atoms with Gasteiger partial charge in [0, 0.05) is 17.9 Å². The smallest absolute Gasteiger partial charge is 0.410 e. The Balaban J connectivity index is 1.39. The van der Waals surface area contributed by atoms with Gasteiger partial charge in [0.1, 0.15) is 5.82 Å². The zero-order chi connectivity index (χ0) is 24.7. The summed E-state index contributed by atoms with van der Waals surface area (Å²) in [6.07, 6.45) is -4.94. The van der Waals surface area contributed by atoms with Crippen LogP contribution in [-0.4, -0.2) is 46.2 Å². The highest BCUT2D eigenvalue weighted by atomic mass is 32.1. The number of nitrogens with zero attached hydrogens (tertiary/aromatic N) is 3. The van der Waals surface area contributed by atoms with Crippen molar-refractivity contribution in [2.45, 2.75) is 31.6 Å². The van der Waals surface area contributed by atoms with Gasteiger partial charge in [-0.2, -0.15) is 18.3 Å². The number of rotatable bonds is 5. The number of esters is 1. The van der Waals surface area contributed by atoms with Crippen molar-refractivity contribution in [2.75, 3.05) is 24.0 Å². The quantitative estimate of drug-likeness (QED) is 0.493. The SMILES string of the molecule is CCOC(=O)c1csc(NC(=O)c2cc3n(n2)C(C(F)(F)F)CC(c2ccc4c(c2)OCO4)N3)n1. The van der Waals surface area contributed by atoms with Crippen LogP contribution >= 0.6 is 11.3 Å². The molecule has 5 rings (SSSR count). The summed E-state index contributed by atoms with van der Waals surface area (Å²) in [6.45, 7) is 1.86. The summed E-state index contributed by atoms with van der Waals surface area (Å²) in [5.41, 5.74) is 0.360. The lowest BCUT2D eigenvalue weighted by Crippen LogP contribution is -2.35. The first-order valence-electron chi connectivity index (χ1n) is 10.5. The molecule has 0 radical (unpaired) electrons. The third-order valence-electron chi connectivity index (χ3n) is 5.43. The summed E-state index contributed by atoms with van der Waals surface area (Å²) in [6, 6.07) is 3.53. The number of carbonyl (C=O) groups is 2. The summed E-state index contributed by atoms with van der Waals surface area (Å²) < 4.78 is 58.0. The average Bonchev–Trinajstić information content (AvgIpc) is 3.56. The van der Waals surface area contributed by atoms with Crippen LogP contribution in [0.2, 0.25) is 0 Å². The van der Waals surface area contributed by atoms with E-state index >= 15 is 0 Å². The van der Waals surface area contributed by atoms with Gasteiger partial charge in [-0.25, -0.2) is 14.5 Å². The van der Waals surface area contributed by atoms with E-state index in [4.69, 9.17) is 14.2 Å². The lowest BCUT2D eigenvalue weighted by atomic mass is 9.96. The molecule has 0 saturated heterocycles. The number of carbonyl (C=O) groups excluding carboxylic acids is 2. The molecule has 35 heavy (non-hydrogen) atoms. The summed E-state index contributed by atoms with van der Waals surface area (Å²) >= 11 is 0.978. The number of hydrogen-bond donors (Lipinski definition) is 2. The lowest BCUT2D eigenvalue weighted by molar-refractivity contribution is -0.173. The summed E-state index contributed by atoms with van der Waals surface area (Å²) in [5, 5.41) is 10.9. The first kappa shape index (κ1) is 23.0. The third kappa shape index (κ3) is 4.48. The maximum atomic E-state index is 13.9. The van der Waals surface area contributed by atoms with Gasteiger partial charge in [0.15, 0.2) is 34.1 Å². The van der Waals surface area contributed by atoms with Crippen molar-refractivity contribution in [1.82, 2.24) is 14.8 Å². The minimum Gasteiger partial charge on any atom is -0.461 e. The zero-order valence-electron chi connectivity index (χ0n) is 18.1. The van der Waals surface area contributed by atoms with Gasteiger partial charge in [-0.3, -0.25) is 10.1 Å². The van der Waals surface area contributed by atoms with Crippen LogP contribution in [0.5, 0.6) is 11.5 Å². The lowest BCUT2D eigenvalue weighted by Gasteiger charge is -2.33. The number of thiazole rings is 1. The molecule has 2 unspecified atom stereocenters. The number of anilines is 2. The van der Waals surface area contributed by atoms with Gasteiger partial charge >= 0.3 is 12.1 Å². The predicted molar refractivity (Wildman–Crippen MR) is 117 cm³/mol. The maximum absolute atomic E-state index is 13.9. The number of benzene rings is 1. The van der Waals surface area contributed by atoms with Crippen molar-refractivity contribution >= 4 is 34.2 Å². The van der Waals surface area contributed by atoms with Gasteiger partial charge in [-0.1, -0.05) is 6.07 Å². The largest absolute Gasteiger partial charge is 0.461 e. The van der Waals surface area contributed by atoms with Gasteiger partial charge in [0.2, 0.25) is 6.79 Å². The van der Waals surface area contributed by atoms with Crippen LogP contribution in [-0.2, 0) is 4.74 Å². The highest BCUT2D eigenvalue weighted by Gasteiger charge is 2.47. The van der Waals surface area contributed by atoms with Crippen LogP contribution in [0.1, 0.15) is 52.0 Å². The van der Waals surface area contributed by atoms with E-state index in [1.165, 1.54) is 11.4 Å². The fourth-order valence-corrected chi connectivity index (χ4v) is 4.50. The summed E-state index contributed by atoms with van der Waals surface area (Å²) in [5.74, 6) is -0.392. The Morgan fingerprint density at radius 3 is 2.83 bits per heavy atom. The van der Waals surface area contributed by atoms with Crippen molar-refractivity contribution in [1.29, 1.82) is 0 Å². The van der Waals surface area contributed by atoms with E-state index in [1.807, 2.05) is 0 Å². The molecule has 0 aliphatic carbocycles. The molecule has 184 valence electrons. The molecule has 0 bridgehead atoms. The number of hydrogen-bond acceptors (Lipinski definition) is 9. The van der Waals surface area contributed by atoms with E-state index in [2.05, 4.69) is 20.7 Å². The third-order valence-corrected chi connectivity index (χ3v) is 6.19. The van der Waals surface area contributed by atoms with Crippen LogP contribution in [0.3, 0.4) is 0 Å². The molecule has 2 aliphatic rings. The molecule has 0 spiro atoms. The topological polar surface area (TPSA) is 117 Å². The number of amides is 1. The van der Waals surface area contributed by atoms with Crippen molar-refractivity contribution in [2.24, 2.45) is 0 Å². The second kappa shape index (κ2) is 8.76. The molecule has 0 fully saturated rings. The number of nitrogens with one attached hydrogen (secondary N) is 2. The second-order valence-electron chi connectivity index (χ2n) is 7.67. The normalized spacial score (nSPS) is 18.5. The molecule has 1 aromatic carbocycles. The highest BCUT2D eigenvalue weighted by molar-refractivity contribution is 7.14. The number of fused-ring (bicyclic) bond motifs is 2. The fraction of sp³-hybridized carbons (Fsp3) is 0.333. The number of alkyl halides is 3. The average molecular weight is 509 g/mol. The van der Waals surface area contributed by atoms with E-state index in [0.29, 0.717) is 17.1 Å². The van der Waals surface area contributed by atoms with Crippen molar-refractivity contribution < 1.29 is 37.0 Å². The van der Waals surface area contributed by atoms with Crippen molar-refractivity contribution in [3.63, 3.8) is 0 Å². The van der Waals surface area contributed by atoms with Gasteiger partial charge in [0.25, 0.3) is 5.91 Å². The van der Waals surface area contributed by atoms with Gasteiger partial charge in [-0.15, -0.1) is 11.3 Å². The molecule has 3 aromatic rings. The monoisotopic (exact) mass is 509 g/mol. The van der Waals surface area contributed by atoms with E-state index < -0.39 is 30.1 Å². The maximum Gasteiger partial charge on any atom is 0.410 e. The van der Waals surface area contributed by atoms with Crippen LogP contribution in [0, 0.1) is 0 Å². The van der Waals surface area contributed by atoms with Crippen LogP contribution in [0.25, 0.3) is 0 Å². The van der Waals surface area contributed by atoms with E-state index in [9.17, 15) is 22.8 Å². The summed E-state index contributed by atoms with van der Waals surface area (Å²) in [4.78, 5) is 28.4. The molecule has 4 heterocycles. The number of halogens is 3. The molecule has 1 amide bonds. The van der Waals surface area contributed by atoms with Crippen LogP contribution in [0.4, 0.5) is 24.1 Å². The molecule has 0 saturated carbocycles. The molecular formula is C21H18F3N5O5S. The highest BCUT2D eigenvalue weighted by Crippen LogP contribution is 2.45. The van der Waals surface area contributed by atoms with Gasteiger partial charge in [0.05, 0.1) is 12.6 Å². The Labute approximate surface area is 200 Å². The summed E-state index contributed by atoms with van der Waals surface area (Å²) in [7, 11) is 0.